The molecule has 2 unspecified atom stereocenters. The first-order chi connectivity index (χ1) is 10.1. The fourth-order valence-corrected chi connectivity index (χ4v) is 3.09. The van der Waals surface area contributed by atoms with Gasteiger partial charge in [-0.3, -0.25) is 4.79 Å². The van der Waals surface area contributed by atoms with E-state index in [0.717, 1.165) is 25.7 Å². The molecular weight excluding hydrogens is 290 g/mol. The predicted molar refractivity (Wildman–Crippen MR) is 83.5 cm³/mol. The second-order valence-corrected chi connectivity index (χ2v) is 6.06. The molecule has 1 aliphatic carbocycles. The number of rotatable bonds is 5. The van der Waals surface area contributed by atoms with Gasteiger partial charge in [0.25, 0.3) is 5.91 Å². The number of methoxy groups -OCH3 is 2. The van der Waals surface area contributed by atoms with E-state index in [4.69, 9.17) is 21.1 Å². The van der Waals surface area contributed by atoms with Gasteiger partial charge in [-0.05, 0) is 37.3 Å². The number of alkyl halides is 1. The Kier molecular flexibility index (Phi) is 5.74. The maximum Gasteiger partial charge on any atom is 0.251 e. The average Bonchev–Trinajstić information content (AvgIpc) is 2.52. The van der Waals surface area contributed by atoms with Gasteiger partial charge in [0.05, 0.1) is 14.2 Å². The van der Waals surface area contributed by atoms with Crippen molar-refractivity contribution in [3.63, 3.8) is 0 Å². The van der Waals surface area contributed by atoms with E-state index in [1.165, 1.54) is 0 Å². The van der Waals surface area contributed by atoms with Crippen LogP contribution in [0.4, 0.5) is 0 Å². The van der Waals surface area contributed by atoms with Gasteiger partial charge in [-0.15, -0.1) is 11.6 Å². The van der Waals surface area contributed by atoms with Crippen LogP contribution in [0.1, 0.15) is 36.0 Å². The summed E-state index contributed by atoms with van der Waals surface area (Å²) in [6.45, 7) is 0.668. The fraction of sp³-hybridized carbons (Fsp3) is 0.562. The summed E-state index contributed by atoms with van der Waals surface area (Å²) in [4.78, 5) is 12.2. The molecule has 0 bridgehead atoms. The van der Waals surface area contributed by atoms with E-state index in [0.29, 0.717) is 29.5 Å². The normalized spacial score (nSPS) is 21.7. The van der Waals surface area contributed by atoms with Crippen molar-refractivity contribution in [2.75, 3.05) is 20.8 Å². The second-order valence-electron chi connectivity index (χ2n) is 5.44. The zero-order chi connectivity index (χ0) is 15.2. The Labute approximate surface area is 130 Å². The van der Waals surface area contributed by atoms with Gasteiger partial charge in [0, 0.05) is 23.6 Å². The third-order valence-corrected chi connectivity index (χ3v) is 4.28. The first-order valence-electron chi connectivity index (χ1n) is 7.27. The lowest BCUT2D eigenvalue weighted by Gasteiger charge is -2.25. The minimum Gasteiger partial charge on any atom is -0.497 e. The monoisotopic (exact) mass is 311 g/mol. The summed E-state index contributed by atoms with van der Waals surface area (Å²) < 4.78 is 10.4. The standard InChI is InChI=1S/C16H22ClNO3/c1-20-14-7-12(8-15(9-14)21-2)16(19)18-10-11-4-3-5-13(17)6-11/h7-9,11,13H,3-6,10H2,1-2H3,(H,18,19). The second kappa shape index (κ2) is 7.55. The SMILES string of the molecule is COc1cc(OC)cc(C(=O)NCC2CCCC(Cl)C2)c1. The van der Waals surface area contributed by atoms with Crippen molar-refractivity contribution >= 4 is 17.5 Å². The first kappa shape index (κ1) is 16.0. The van der Waals surface area contributed by atoms with Gasteiger partial charge in [-0.25, -0.2) is 0 Å². The summed E-state index contributed by atoms with van der Waals surface area (Å²) in [6.07, 6.45) is 4.33. The minimum atomic E-state index is -0.108. The Bertz CT molecular complexity index is 470. The molecule has 21 heavy (non-hydrogen) atoms. The lowest BCUT2D eigenvalue weighted by Crippen LogP contribution is -2.32. The molecule has 116 valence electrons. The van der Waals surface area contributed by atoms with Crippen LogP contribution in [0.5, 0.6) is 11.5 Å². The van der Waals surface area contributed by atoms with Crippen LogP contribution < -0.4 is 14.8 Å². The number of halogens is 1. The molecule has 1 aromatic carbocycles. The van der Waals surface area contributed by atoms with Crippen LogP contribution in [-0.2, 0) is 0 Å². The molecule has 1 saturated carbocycles. The molecule has 1 N–H and O–H groups in total. The van der Waals surface area contributed by atoms with E-state index in [2.05, 4.69) is 5.32 Å². The van der Waals surface area contributed by atoms with E-state index in [-0.39, 0.29) is 11.3 Å². The van der Waals surface area contributed by atoms with E-state index in [1.54, 1.807) is 32.4 Å². The van der Waals surface area contributed by atoms with Crippen LogP contribution in [0.3, 0.4) is 0 Å². The Morgan fingerprint density at radius 2 is 1.90 bits per heavy atom. The molecule has 1 aromatic rings. The zero-order valence-electron chi connectivity index (χ0n) is 12.5. The van der Waals surface area contributed by atoms with Gasteiger partial charge in [0.2, 0.25) is 0 Å². The fourth-order valence-electron chi connectivity index (χ4n) is 2.69. The molecule has 0 spiro atoms. The highest BCUT2D eigenvalue weighted by Crippen LogP contribution is 2.27. The molecule has 0 radical (unpaired) electrons. The van der Waals surface area contributed by atoms with Crippen LogP contribution in [0.15, 0.2) is 18.2 Å². The quantitative estimate of drug-likeness (QED) is 0.849. The van der Waals surface area contributed by atoms with Crippen molar-refractivity contribution in [3.05, 3.63) is 23.8 Å². The summed E-state index contributed by atoms with van der Waals surface area (Å²) in [5, 5.41) is 3.23. The topological polar surface area (TPSA) is 47.6 Å². The van der Waals surface area contributed by atoms with Gasteiger partial charge in [-0.2, -0.15) is 0 Å². The van der Waals surface area contributed by atoms with Crippen molar-refractivity contribution < 1.29 is 14.3 Å². The van der Waals surface area contributed by atoms with Gasteiger partial charge < -0.3 is 14.8 Å². The smallest absolute Gasteiger partial charge is 0.251 e. The largest absolute Gasteiger partial charge is 0.497 e. The zero-order valence-corrected chi connectivity index (χ0v) is 13.3. The number of amides is 1. The number of benzene rings is 1. The maximum atomic E-state index is 12.2. The molecule has 2 rings (SSSR count). The van der Waals surface area contributed by atoms with Crippen LogP contribution in [0.2, 0.25) is 0 Å². The lowest BCUT2D eigenvalue weighted by molar-refractivity contribution is 0.0943. The lowest BCUT2D eigenvalue weighted by atomic mass is 9.89. The minimum absolute atomic E-state index is 0.108. The van der Waals surface area contributed by atoms with Crippen molar-refractivity contribution in [1.82, 2.24) is 5.32 Å². The van der Waals surface area contributed by atoms with Crippen molar-refractivity contribution in [2.24, 2.45) is 5.92 Å². The van der Waals surface area contributed by atoms with Crippen LogP contribution in [0, 0.1) is 5.92 Å². The molecule has 0 saturated heterocycles. The van der Waals surface area contributed by atoms with Gasteiger partial charge in [-0.1, -0.05) is 6.42 Å². The van der Waals surface area contributed by atoms with E-state index >= 15 is 0 Å². The summed E-state index contributed by atoms with van der Waals surface area (Å²) in [6, 6.07) is 5.17. The third-order valence-electron chi connectivity index (χ3n) is 3.88. The molecule has 1 aliphatic rings. The van der Waals surface area contributed by atoms with Crippen molar-refractivity contribution in [1.29, 1.82) is 0 Å². The van der Waals surface area contributed by atoms with Crippen molar-refractivity contribution in [2.45, 2.75) is 31.1 Å². The van der Waals surface area contributed by atoms with E-state index in [9.17, 15) is 4.79 Å². The van der Waals surface area contributed by atoms with Gasteiger partial charge in [0.15, 0.2) is 0 Å². The number of ether oxygens (including phenoxy) is 2. The number of nitrogens with one attached hydrogen (secondary N) is 1. The molecule has 0 aromatic heterocycles. The van der Waals surface area contributed by atoms with Gasteiger partial charge >= 0.3 is 0 Å². The summed E-state index contributed by atoms with van der Waals surface area (Å²) in [5.74, 6) is 1.58. The summed E-state index contributed by atoms with van der Waals surface area (Å²) in [7, 11) is 3.14. The highest BCUT2D eigenvalue weighted by molar-refractivity contribution is 6.20. The average molecular weight is 312 g/mol. The maximum absolute atomic E-state index is 12.2. The first-order valence-corrected chi connectivity index (χ1v) is 7.71. The molecule has 4 nitrogen and oxygen atoms in total. The van der Waals surface area contributed by atoms with Crippen LogP contribution in [0.25, 0.3) is 0 Å². The Morgan fingerprint density at radius 3 is 2.48 bits per heavy atom. The Morgan fingerprint density at radius 1 is 1.24 bits per heavy atom. The molecule has 1 amide bonds. The highest BCUT2D eigenvalue weighted by Gasteiger charge is 2.21. The van der Waals surface area contributed by atoms with E-state index < -0.39 is 0 Å². The molecule has 0 heterocycles. The van der Waals surface area contributed by atoms with E-state index in [1.807, 2.05) is 0 Å². The van der Waals surface area contributed by atoms with Crippen LogP contribution in [-0.4, -0.2) is 32.0 Å². The Hall–Kier alpha value is -1.42. The third kappa shape index (κ3) is 4.53. The predicted octanol–water partition coefficient (Wildman–Crippen LogP) is 3.23. The molecule has 0 aliphatic heterocycles. The Balaban J connectivity index is 1.96. The summed E-state index contributed by atoms with van der Waals surface area (Å²) in [5.41, 5.74) is 0.546. The van der Waals surface area contributed by atoms with Crippen molar-refractivity contribution in [3.8, 4) is 11.5 Å². The number of hydrogen-bond donors (Lipinski definition) is 1. The number of hydrogen-bond acceptors (Lipinski definition) is 3. The van der Waals surface area contributed by atoms with Gasteiger partial charge in [0.1, 0.15) is 11.5 Å². The summed E-state index contributed by atoms with van der Waals surface area (Å²) >= 11 is 6.18. The number of carbonyl (C=O) groups excluding carboxylic acids is 1. The molecule has 5 heteroatoms. The van der Waals surface area contributed by atoms with Crippen LogP contribution >= 0.6 is 11.6 Å². The highest BCUT2D eigenvalue weighted by atomic mass is 35.5. The molecular formula is C16H22ClNO3. The number of carbonyl (C=O) groups is 1. The molecule has 2 atom stereocenters. The molecule has 1 fully saturated rings.